The highest BCUT2D eigenvalue weighted by Gasteiger charge is 2.41. The molecule has 12 heavy (non-hydrogen) atoms. The monoisotopic (exact) mass is 187 g/mol. The first-order valence-electron chi connectivity index (χ1n) is 4.56. The molecule has 1 fully saturated rings. The van der Waals surface area contributed by atoms with Crippen molar-refractivity contribution >= 4 is 8.24 Å². The van der Waals surface area contributed by atoms with E-state index in [0.717, 1.165) is 5.54 Å². The largest absolute Gasteiger partial charge is 0.253 e. The molecule has 3 nitrogen and oxygen atoms in total. The van der Waals surface area contributed by atoms with Crippen molar-refractivity contribution in [3.8, 4) is 0 Å². The van der Waals surface area contributed by atoms with Gasteiger partial charge in [-0.3, -0.25) is 4.67 Å². The lowest BCUT2D eigenvalue weighted by molar-refractivity contribution is -0.113. The van der Waals surface area contributed by atoms with Crippen molar-refractivity contribution in [3.05, 3.63) is 0 Å². The Kier molecular flexibility index (Phi) is 2.63. The molecule has 1 unspecified atom stereocenters. The molecular formula is C8H21N3Si. The van der Waals surface area contributed by atoms with Crippen LogP contribution >= 0.6 is 0 Å². The summed E-state index contributed by atoms with van der Waals surface area (Å²) in [5.74, 6) is 0. The highest BCUT2D eigenvalue weighted by atomic mass is 28.3. The lowest BCUT2D eigenvalue weighted by Gasteiger charge is -2.52. The van der Waals surface area contributed by atoms with Crippen LogP contribution in [0.4, 0.5) is 0 Å². The van der Waals surface area contributed by atoms with Crippen molar-refractivity contribution in [3.63, 3.8) is 0 Å². The zero-order valence-corrected chi connectivity index (χ0v) is 10.1. The Morgan fingerprint density at radius 3 is 2.17 bits per heavy atom. The molecule has 1 heterocycles. The van der Waals surface area contributed by atoms with E-state index >= 15 is 0 Å². The van der Waals surface area contributed by atoms with Gasteiger partial charge in [0.15, 0.2) is 0 Å². The van der Waals surface area contributed by atoms with Gasteiger partial charge in [0.05, 0.1) is 0 Å². The average Bonchev–Trinajstić information content (AvgIpc) is 1.99. The summed E-state index contributed by atoms with van der Waals surface area (Å²) in [6, 6.07) is 0. The summed E-state index contributed by atoms with van der Waals surface area (Å²) in [7, 11) is 5.31. The van der Waals surface area contributed by atoms with E-state index in [1.165, 1.54) is 6.54 Å². The standard InChI is InChI=1S/C8H21N3Si/c1-8-7-9(2)10(3)11(4)12(8,5)6/h8H,7H2,1-6H3. The Morgan fingerprint density at radius 1 is 1.17 bits per heavy atom. The summed E-state index contributed by atoms with van der Waals surface area (Å²) in [6.45, 7) is 8.43. The number of nitrogens with zero attached hydrogens (tertiary/aromatic N) is 3. The molecule has 0 aromatic carbocycles. The summed E-state index contributed by atoms with van der Waals surface area (Å²) >= 11 is 0. The maximum Gasteiger partial charge on any atom is 0.145 e. The van der Waals surface area contributed by atoms with Crippen molar-refractivity contribution in [2.45, 2.75) is 25.6 Å². The first kappa shape index (κ1) is 10.2. The third kappa shape index (κ3) is 1.44. The van der Waals surface area contributed by atoms with E-state index in [1.54, 1.807) is 0 Å². The Bertz CT molecular complexity index is 172. The molecule has 0 aromatic rings. The van der Waals surface area contributed by atoms with Gasteiger partial charge in [0, 0.05) is 20.6 Å². The fourth-order valence-corrected chi connectivity index (χ4v) is 3.91. The van der Waals surface area contributed by atoms with Gasteiger partial charge in [-0.05, 0) is 12.6 Å². The van der Waals surface area contributed by atoms with Crippen LogP contribution in [0.1, 0.15) is 6.92 Å². The molecule has 4 heteroatoms. The molecule has 0 amide bonds. The zero-order chi connectivity index (χ0) is 9.52. The van der Waals surface area contributed by atoms with Crippen molar-refractivity contribution in [1.82, 2.24) is 14.8 Å². The smallest absolute Gasteiger partial charge is 0.145 e. The number of hydrazine groups is 2. The molecule has 1 atom stereocenters. The molecule has 1 aliphatic rings. The Labute approximate surface area is 77.0 Å². The highest BCUT2D eigenvalue weighted by Crippen LogP contribution is 2.30. The lowest BCUT2D eigenvalue weighted by atomic mass is 10.4. The van der Waals surface area contributed by atoms with E-state index in [-0.39, 0.29) is 0 Å². The fraction of sp³-hybridized carbons (Fsp3) is 1.00. The quantitative estimate of drug-likeness (QED) is 0.528. The van der Waals surface area contributed by atoms with Gasteiger partial charge in [0.2, 0.25) is 0 Å². The summed E-state index contributed by atoms with van der Waals surface area (Å²) in [6.07, 6.45) is 0. The molecule has 0 saturated carbocycles. The summed E-state index contributed by atoms with van der Waals surface area (Å²) in [5.41, 5.74) is 0.837. The van der Waals surface area contributed by atoms with Crippen molar-refractivity contribution in [1.29, 1.82) is 0 Å². The van der Waals surface area contributed by atoms with Crippen molar-refractivity contribution in [2.24, 2.45) is 0 Å². The average molecular weight is 187 g/mol. The van der Waals surface area contributed by atoms with Crippen LogP contribution in [-0.4, -0.2) is 50.7 Å². The second kappa shape index (κ2) is 3.10. The first-order valence-corrected chi connectivity index (χ1v) is 7.58. The third-order valence-corrected chi connectivity index (χ3v) is 8.06. The van der Waals surface area contributed by atoms with Crippen LogP contribution in [-0.2, 0) is 0 Å². The Hall–Kier alpha value is 0.0969. The minimum Gasteiger partial charge on any atom is -0.253 e. The van der Waals surface area contributed by atoms with Gasteiger partial charge in [0.1, 0.15) is 8.24 Å². The van der Waals surface area contributed by atoms with Gasteiger partial charge in [-0.1, -0.05) is 20.0 Å². The van der Waals surface area contributed by atoms with Gasteiger partial charge in [0.25, 0.3) is 0 Å². The number of hydrogen-bond acceptors (Lipinski definition) is 3. The van der Waals surface area contributed by atoms with Gasteiger partial charge in [-0.2, -0.15) is 5.12 Å². The van der Waals surface area contributed by atoms with Crippen LogP contribution in [0, 0.1) is 0 Å². The van der Waals surface area contributed by atoms with Crippen molar-refractivity contribution < 1.29 is 0 Å². The zero-order valence-electron chi connectivity index (χ0n) is 9.13. The second-order valence-corrected chi connectivity index (χ2v) is 9.35. The summed E-state index contributed by atoms with van der Waals surface area (Å²) in [5, 5.41) is 4.52. The lowest BCUT2D eigenvalue weighted by Crippen LogP contribution is -2.66. The Morgan fingerprint density at radius 2 is 1.67 bits per heavy atom. The third-order valence-electron chi connectivity index (χ3n) is 3.51. The van der Waals surface area contributed by atoms with Crippen molar-refractivity contribution in [2.75, 3.05) is 27.7 Å². The van der Waals surface area contributed by atoms with E-state index in [1.807, 2.05) is 0 Å². The number of hydrogen-bond donors (Lipinski definition) is 0. The van der Waals surface area contributed by atoms with E-state index in [4.69, 9.17) is 0 Å². The summed E-state index contributed by atoms with van der Waals surface area (Å²) < 4.78 is 2.43. The van der Waals surface area contributed by atoms with Crippen LogP contribution in [0.3, 0.4) is 0 Å². The van der Waals surface area contributed by atoms with E-state index in [2.05, 4.69) is 56.0 Å². The molecular weight excluding hydrogens is 166 g/mol. The minimum atomic E-state index is -1.18. The molecule has 0 aromatic heterocycles. The molecule has 1 aliphatic heterocycles. The van der Waals surface area contributed by atoms with Gasteiger partial charge in [-0.15, -0.1) is 0 Å². The summed E-state index contributed by atoms with van der Waals surface area (Å²) in [4.78, 5) is 0. The first-order chi connectivity index (χ1) is 5.37. The Balaban J connectivity index is 2.80. The van der Waals surface area contributed by atoms with Gasteiger partial charge >= 0.3 is 0 Å². The highest BCUT2D eigenvalue weighted by molar-refractivity contribution is 6.76. The van der Waals surface area contributed by atoms with Crippen LogP contribution < -0.4 is 0 Å². The molecule has 0 N–H and O–H groups in total. The van der Waals surface area contributed by atoms with Crippen LogP contribution in [0.5, 0.6) is 0 Å². The van der Waals surface area contributed by atoms with Crippen LogP contribution in [0.2, 0.25) is 18.6 Å². The molecule has 0 radical (unpaired) electrons. The molecule has 0 spiro atoms. The number of rotatable bonds is 0. The molecule has 0 aliphatic carbocycles. The van der Waals surface area contributed by atoms with Crippen LogP contribution in [0.25, 0.3) is 0 Å². The molecule has 72 valence electrons. The second-order valence-electron chi connectivity index (χ2n) is 4.41. The molecule has 1 saturated heterocycles. The normalized spacial score (nSPS) is 34.0. The predicted octanol–water partition coefficient (Wildman–Crippen LogP) is 1.22. The fourth-order valence-electron chi connectivity index (χ4n) is 1.66. The maximum absolute atomic E-state index is 2.43. The van der Waals surface area contributed by atoms with E-state index in [0.29, 0.717) is 0 Å². The maximum atomic E-state index is 2.43. The molecule has 0 bridgehead atoms. The van der Waals surface area contributed by atoms with E-state index in [9.17, 15) is 0 Å². The topological polar surface area (TPSA) is 9.72 Å². The molecule has 1 rings (SSSR count). The van der Waals surface area contributed by atoms with E-state index < -0.39 is 8.24 Å². The SMILES string of the molecule is CC1CN(C)N(C)N(C)[Si]1(C)C. The predicted molar refractivity (Wildman–Crippen MR) is 55.1 cm³/mol. The minimum absolute atomic E-state index is 0.837. The van der Waals surface area contributed by atoms with Gasteiger partial charge in [-0.25, -0.2) is 5.01 Å². The van der Waals surface area contributed by atoms with Gasteiger partial charge < -0.3 is 0 Å². The van der Waals surface area contributed by atoms with Crippen LogP contribution in [0.15, 0.2) is 0 Å².